The molecule has 2 aromatic heterocycles. The first-order valence-electron chi connectivity index (χ1n) is 7.50. The predicted molar refractivity (Wildman–Crippen MR) is 104 cm³/mol. The molecule has 6 nitrogen and oxygen atoms in total. The van der Waals surface area contributed by atoms with E-state index in [4.69, 9.17) is 0 Å². The van der Waals surface area contributed by atoms with Crippen molar-refractivity contribution in [3.05, 3.63) is 41.7 Å². The van der Waals surface area contributed by atoms with Crippen LogP contribution in [0.1, 0.15) is 11.4 Å². The molecule has 0 saturated carbocycles. The fourth-order valence-corrected chi connectivity index (χ4v) is 4.52. The Kier molecular flexibility index (Phi) is 5.77. The third-order valence-electron chi connectivity index (χ3n) is 3.45. The van der Waals surface area contributed by atoms with Crippen LogP contribution in [0.2, 0.25) is 0 Å². The lowest BCUT2D eigenvalue weighted by atomic mass is 10.3. The number of aryl methyl sites for hydroxylation is 1. The van der Waals surface area contributed by atoms with Crippen molar-refractivity contribution >= 4 is 46.5 Å². The van der Waals surface area contributed by atoms with Gasteiger partial charge in [0, 0.05) is 0 Å². The molecular weight excluding hydrogens is 374 g/mol. The molecule has 9 heteroatoms. The Bertz CT molecular complexity index is 875. The average Bonchev–Trinajstić information content (AvgIpc) is 3.20. The van der Waals surface area contributed by atoms with Crippen molar-refractivity contribution in [1.82, 2.24) is 20.0 Å². The van der Waals surface area contributed by atoms with Crippen molar-refractivity contribution in [2.24, 2.45) is 0 Å². The summed E-state index contributed by atoms with van der Waals surface area (Å²) in [4.78, 5) is 12.3. The number of hydrogen-bond acceptors (Lipinski definition) is 7. The molecule has 1 amide bonds. The van der Waals surface area contributed by atoms with Crippen LogP contribution in [-0.2, 0) is 4.79 Å². The molecule has 0 saturated heterocycles. The van der Waals surface area contributed by atoms with Crippen LogP contribution in [0.5, 0.6) is 0 Å². The number of carbonyl (C=O) groups is 1. The van der Waals surface area contributed by atoms with E-state index in [0.29, 0.717) is 5.75 Å². The first-order chi connectivity index (χ1) is 12.1. The predicted octanol–water partition coefficient (Wildman–Crippen LogP) is 3.79. The second-order valence-electron chi connectivity index (χ2n) is 5.17. The summed E-state index contributed by atoms with van der Waals surface area (Å²) in [6, 6.07) is 9.86. The van der Waals surface area contributed by atoms with Gasteiger partial charge in [-0.2, -0.15) is 5.10 Å². The first-order valence-corrected chi connectivity index (χ1v) is 10.5. The van der Waals surface area contributed by atoms with E-state index in [-0.39, 0.29) is 5.91 Å². The molecule has 130 valence electrons. The molecule has 0 unspecified atom stereocenters. The normalized spacial score (nSPS) is 10.8. The Balaban J connectivity index is 1.68. The molecule has 25 heavy (non-hydrogen) atoms. The van der Waals surface area contributed by atoms with Crippen molar-refractivity contribution in [3.63, 3.8) is 0 Å². The van der Waals surface area contributed by atoms with Crippen molar-refractivity contribution in [3.8, 4) is 5.69 Å². The van der Waals surface area contributed by atoms with Crippen LogP contribution in [0, 0.1) is 13.8 Å². The Morgan fingerprint density at radius 3 is 2.60 bits per heavy atom. The molecule has 0 atom stereocenters. The minimum Gasteiger partial charge on any atom is -0.322 e. The molecule has 3 aromatic rings. The summed E-state index contributed by atoms with van der Waals surface area (Å²) in [6.07, 6.45) is 1.96. The SMILES string of the molecule is CSc1nnc(SCC(=O)Nc2c(C)nn(-c3ccccc3)c2C)s1. The Hall–Kier alpha value is -1.84. The largest absolute Gasteiger partial charge is 0.322 e. The van der Waals surface area contributed by atoms with E-state index in [2.05, 4.69) is 20.6 Å². The summed E-state index contributed by atoms with van der Waals surface area (Å²) in [6.45, 7) is 3.84. The maximum Gasteiger partial charge on any atom is 0.234 e. The van der Waals surface area contributed by atoms with Crippen molar-refractivity contribution in [2.75, 3.05) is 17.3 Å². The highest BCUT2D eigenvalue weighted by Crippen LogP contribution is 2.28. The van der Waals surface area contributed by atoms with Crippen LogP contribution in [0.4, 0.5) is 5.69 Å². The van der Waals surface area contributed by atoms with E-state index in [1.165, 1.54) is 23.1 Å². The van der Waals surface area contributed by atoms with Gasteiger partial charge < -0.3 is 5.32 Å². The smallest absolute Gasteiger partial charge is 0.234 e. The Labute approximate surface area is 158 Å². The molecule has 0 bridgehead atoms. The third-order valence-corrected chi connectivity index (χ3v) is 6.48. The van der Waals surface area contributed by atoms with Crippen LogP contribution in [0.15, 0.2) is 39.0 Å². The summed E-state index contributed by atoms with van der Waals surface area (Å²) >= 11 is 4.44. The molecule has 0 aliphatic rings. The maximum absolute atomic E-state index is 12.3. The lowest BCUT2D eigenvalue weighted by Gasteiger charge is -2.06. The zero-order valence-corrected chi connectivity index (χ0v) is 16.5. The van der Waals surface area contributed by atoms with E-state index >= 15 is 0 Å². The number of nitrogens with one attached hydrogen (secondary N) is 1. The number of carbonyl (C=O) groups excluding carboxylic acids is 1. The number of rotatable bonds is 6. The van der Waals surface area contributed by atoms with Gasteiger partial charge in [-0.15, -0.1) is 10.2 Å². The van der Waals surface area contributed by atoms with Crippen molar-refractivity contribution < 1.29 is 4.79 Å². The molecule has 3 rings (SSSR count). The molecule has 0 aliphatic carbocycles. The number of nitrogens with zero attached hydrogens (tertiary/aromatic N) is 4. The number of aromatic nitrogens is 4. The highest BCUT2D eigenvalue weighted by atomic mass is 32.2. The van der Waals surface area contributed by atoms with E-state index in [9.17, 15) is 4.79 Å². The van der Waals surface area contributed by atoms with Gasteiger partial charge in [0.2, 0.25) is 5.91 Å². The molecule has 2 heterocycles. The van der Waals surface area contributed by atoms with Crippen LogP contribution in [-0.4, -0.2) is 37.9 Å². The van der Waals surface area contributed by atoms with Gasteiger partial charge in [0.1, 0.15) is 0 Å². The number of anilines is 1. The minimum absolute atomic E-state index is 0.0790. The van der Waals surface area contributed by atoms with Crippen LogP contribution >= 0.6 is 34.9 Å². The van der Waals surface area contributed by atoms with E-state index < -0.39 is 0 Å². The zero-order valence-electron chi connectivity index (χ0n) is 14.0. The zero-order chi connectivity index (χ0) is 17.8. The molecule has 0 radical (unpaired) electrons. The van der Waals surface area contributed by atoms with Gasteiger partial charge in [-0.3, -0.25) is 4.79 Å². The number of amides is 1. The van der Waals surface area contributed by atoms with Gasteiger partial charge in [0.15, 0.2) is 8.68 Å². The molecule has 1 N–H and O–H groups in total. The minimum atomic E-state index is -0.0790. The fraction of sp³-hybridized carbons (Fsp3) is 0.250. The highest BCUT2D eigenvalue weighted by molar-refractivity contribution is 8.03. The van der Waals surface area contributed by atoms with Crippen molar-refractivity contribution in [1.29, 1.82) is 0 Å². The number of benzene rings is 1. The molecule has 0 aliphatic heterocycles. The lowest BCUT2D eigenvalue weighted by Crippen LogP contribution is -2.15. The molecule has 1 aromatic carbocycles. The van der Waals surface area contributed by atoms with E-state index in [0.717, 1.165) is 31.4 Å². The standard InChI is InChI=1S/C16H17N5OS3/c1-10-14(11(2)21(20-10)12-7-5-4-6-8-12)17-13(22)9-24-16-19-18-15(23-3)25-16/h4-8H,9H2,1-3H3,(H,17,22). The molecule has 0 spiro atoms. The maximum atomic E-state index is 12.3. The Morgan fingerprint density at radius 1 is 1.20 bits per heavy atom. The van der Waals surface area contributed by atoms with E-state index in [1.807, 2.05) is 55.1 Å². The van der Waals surface area contributed by atoms with Gasteiger partial charge in [-0.25, -0.2) is 4.68 Å². The van der Waals surface area contributed by atoms with Crippen LogP contribution in [0.3, 0.4) is 0 Å². The van der Waals surface area contributed by atoms with Gasteiger partial charge in [0.25, 0.3) is 0 Å². The van der Waals surface area contributed by atoms with Crippen LogP contribution < -0.4 is 5.32 Å². The third kappa shape index (κ3) is 4.23. The topological polar surface area (TPSA) is 72.7 Å². The lowest BCUT2D eigenvalue weighted by molar-refractivity contribution is -0.113. The van der Waals surface area contributed by atoms with Gasteiger partial charge in [-0.1, -0.05) is 53.1 Å². The van der Waals surface area contributed by atoms with Gasteiger partial charge in [-0.05, 0) is 32.2 Å². The summed E-state index contributed by atoms with van der Waals surface area (Å²) in [5.74, 6) is 0.211. The number of thioether (sulfide) groups is 2. The fourth-order valence-electron chi connectivity index (χ4n) is 2.28. The second-order valence-corrected chi connectivity index (χ2v) is 8.42. The molecule has 0 fully saturated rings. The van der Waals surface area contributed by atoms with Gasteiger partial charge in [0.05, 0.1) is 28.5 Å². The monoisotopic (exact) mass is 391 g/mol. The summed E-state index contributed by atoms with van der Waals surface area (Å²) in [5.41, 5.74) is 3.43. The number of para-hydroxylation sites is 1. The summed E-state index contributed by atoms with van der Waals surface area (Å²) in [7, 11) is 0. The number of hydrogen-bond donors (Lipinski definition) is 1. The highest BCUT2D eigenvalue weighted by Gasteiger charge is 2.16. The molecular formula is C16H17N5OS3. The van der Waals surface area contributed by atoms with Crippen LogP contribution in [0.25, 0.3) is 5.69 Å². The van der Waals surface area contributed by atoms with Gasteiger partial charge >= 0.3 is 0 Å². The van der Waals surface area contributed by atoms with E-state index in [1.54, 1.807) is 11.8 Å². The first kappa shape index (κ1) is 18.0. The van der Waals surface area contributed by atoms with Crippen molar-refractivity contribution in [2.45, 2.75) is 22.5 Å². The summed E-state index contributed by atoms with van der Waals surface area (Å²) in [5, 5.41) is 15.6. The Morgan fingerprint density at radius 2 is 1.92 bits per heavy atom. The average molecular weight is 392 g/mol. The second kappa shape index (κ2) is 8.03. The quantitative estimate of drug-likeness (QED) is 0.645. The summed E-state index contributed by atoms with van der Waals surface area (Å²) < 4.78 is 3.54.